The summed E-state index contributed by atoms with van der Waals surface area (Å²) in [5.74, 6) is 0.659. The van der Waals surface area contributed by atoms with E-state index < -0.39 is 16.1 Å². The molecule has 0 aliphatic rings. The second-order valence-electron chi connectivity index (χ2n) is 7.62. The molecule has 3 rings (SSSR count). The van der Waals surface area contributed by atoms with Gasteiger partial charge in [-0.1, -0.05) is 19.9 Å². The van der Waals surface area contributed by atoms with Gasteiger partial charge in [0.25, 0.3) is 15.9 Å². The van der Waals surface area contributed by atoms with Crippen LogP contribution in [-0.2, 0) is 14.8 Å². The molecule has 168 valence electrons. The van der Waals surface area contributed by atoms with Crippen LogP contribution in [0.5, 0.6) is 5.75 Å². The van der Waals surface area contributed by atoms with Gasteiger partial charge >= 0.3 is 0 Å². The number of sulfonamides is 1. The lowest BCUT2D eigenvalue weighted by molar-refractivity contribution is -0.122. The Morgan fingerprint density at radius 2 is 1.66 bits per heavy atom. The SMILES string of the molecule is Cc1cc(OC(C)C(=O)Nc2ccc(S(=O)(=O)Nc3ncccn3)cc2)ccc1C(C)C. The summed E-state index contributed by atoms with van der Waals surface area (Å²) in [6.07, 6.45) is 2.14. The molecule has 9 heteroatoms. The van der Waals surface area contributed by atoms with Crippen molar-refractivity contribution in [1.29, 1.82) is 0 Å². The number of carbonyl (C=O) groups is 1. The molecule has 1 atom stereocenters. The highest BCUT2D eigenvalue weighted by Gasteiger charge is 2.18. The highest BCUT2D eigenvalue weighted by atomic mass is 32.2. The molecule has 0 saturated carbocycles. The van der Waals surface area contributed by atoms with Gasteiger partial charge in [0, 0.05) is 18.1 Å². The maximum absolute atomic E-state index is 12.5. The summed E-state index contributed by atoms with van der Waals surface area (Å²) >= 11 is 0. The van der Waals surface area contributed by atoms with Gasteiger partial charge in [-0.05, 0) is 73.4 Å². The number of nitrogens with one attached hydrogen (secondary N) is 2. The van der Waals surface area contributed by atoms with Crippen molar-refractivity contribution in [2.24, 2.45) is 0 Å². The first-order valence-electron chi connectivity index (χ1n) is 10.1. The third-order valence-electron chi connectivity index (χ3n) is 4.77. The maximum Gasteiger partial charge on any atom is 0.265 e. The van der Waals surface area contributed by atoms with Crippen molar-refractivity contribution in [3.8, 4) is 5.75 Å². The van der Waals surface area contributed by atoms with Gasteiger partial charge in [-0.25, -0.2) is 23.1 Å². The van der Waals surface area contributed by atoms with Crippen LogP contribution in [0.4, 0.5) is 11.6 Å². The van der Waals surface area contributed by atoms with Gasteiger partial charge in [-0.3, -0.25) is 4.79 Å². The summed E-state index contributed by atoms with van der Waals surface area (Å²) < 4.78 is 33.0. The highest BCUT2D eigenvalue weighted by Crippen LogP contribution is 2.24. The Morgan fingerprint density at radius 1 is 1.00 bits per heavy atom. The van der Waals surface area contributed by atoms with Crippen LogP contribution in [0.1, 0.15) is 37.8 Å². The zero-order valence-corrected chi connectivity index (χ0v) is 19.2. The second-order valence-corrected chi connectivity index (χ2v) is 9.31. The number of aromatic nitrogens is 2. The third kappa shape index (κ3) is 5.82. The van der Waals surface area contributed by atoms with E-state index in [1.807, 2.05) is 25.1 Å². The number of anilines is 2. The van der Waals surface area contributed by atoms with Gasteiger partial charge in [-0.15, -0.1) is 0 Å². The van der Waals surface area contributed by atoms with Crippen molar-refractivity contribution in [1.82, 2.24) is 9.97 Å². The predicted octanol–water partition coefficient (Wildman–Crippen LogP) is 4.12. The number of rotatable bonds is 8. The van der Waals surface area contributed by atoms with Gasteiger partial charge < -0.3 is 10.1 Å². The van der Waals surface area contributed by atoms with Crippen LogP contribution in [0.2, 0.25) is 0 Å². The van der Waals surface area contributed by atoms with Crippen LogP contribution >= 0.6 is 0 Å². The van der Waals surface area contributed by atoms with Crippen LogP contribution in [0.15, 0.2) is 65.8 Å². The minimum Gasteiger partial charge on any atom is -0.481 e. The van der Waals surface area contributed by atoms with E-state index >= 15 is 0 Å². The standard InChI is InChI=1S/C23H26N4O4S/c1-15(2)21-11-8-19(14-16(21)3)31-17(4)22(28)26-18-6-9-20(10-7-18)32(29,30)27-23-24-12-5-13-25-23/h5-15,17H,1-4H3,(H,26,28)(H,24,25,27). The lowest BCUT2D eigenvalue weighted by Crippen LogP contribution is -2.30. The summed E-state index contributed by atoms with van der Waals surface area (Å²) in [5, 5.41) is 2.73. The molecular weight excluding hydrogens is 428 g/mol. The highest BCUT2D eigenvalue weighted by molar-refractivity contribution is 7.92. The molecule has 1 unspecified atom stereocenters. The summed E-state index contributed by atoms with van der Waals surface area (Å²) in [5.41, 5.74) is 2.79. The van der Waals surface area contributed by atoms with Crippen LogP contribution in [-0.4, -0.2) is 30.4 Å². The number of hydrogen-bond acceptors (Lipinski definition) is 6. The molecule has 0 spiro atoms. The van der Waals surface area contributed by atoms with E-state index in [-0.39, 0.29) is 16.8 Å². The van der Waals surface area contributed by atoms with E-state index in [1.54, 1.807) is 13.0 Å². The molecule has 2 aromatic carbocycles. The zero-order chi connectivity index (χ0) is 23.3. The quantitative estimate of drug-likeness (QED) is 0.530. The van der Waals surface area contributed by atoms with Gasteiger partial charge in [0.05, 0.1) is 4.90 Å². The van der Waals surface area contributed by atoms with E-state index in [9.17, 15) is 13.2 Å². The average Bonchev–Trinajstić information content (AvgIpc) is 2.74. The van der Waals surface area contributed by atoms with Crippen molar-refractivity contribution >= 4 is 27.6 Å². The molecule has 8 nitrogen and oxygen atoms in total. The maximum atomic E-state index is 12.5. The number of hydrogen-bond donors (Lipinski definition) is 2. The molecule has 0 aliphatic heterocycles. The Morgan fingerprint density at radius 3 is 2.25 bits per heavy atom. The number of ether oxygens (including phenoxy) is 1. The van der Waals surface area contributed by atoms with E-state index in [0.29, 0.717) is 17.4 Å². The minimum atomic E-state index is -3.84. The van der Waals surface area contributed by atoms with E-state index in [2.05, 4.69) is 33.9 Å². The Hall–Kier alpha value is -3.46. The van der Waals surface area contributed by atoms with Crippen molar-refractivity contribution in [3.63, 3.8) is 0 Å². The van der Waals surface area contributed by atoms with Crippen LogP contribution in [0, 0.1) is 6.92 Å². The van der Waals surface area contributed by atoms with Crippen LogP contribution in [0.25, 0.3) is 0 Å². The third-order valence-corrected chi connectivity index (χ3v) is 6.11. The monoisotopic (exact) mass is 454 g/mol. The fourth-order valence-corrected chi connectivity index (χ4v) is 4.08. The topological polar surface area (TPSA) is 110 Å². The first kappa shape index (κ1) is 23.2. The Bertz CT molecular complexity index is 1180. The predicted molar refractivity (Wildman–Crippen MR) is 123 cm³/mol. The fraction of sp³-hybridized carbons (Fsp3) is 0.261. The van der Waals surface area contributed by atoms with Crippen molar-refractivity contribution < 1.29 is 17.9 Å². The first-order valence-corrected chi connectivity index (χ1v) is 11.6. The molecule has 2 N–H and O–H groups in total. The number of nitrogens with zero attached hydrogens (tertiary/aromatic N) is 2. The molecule has 1 amide bonds. The number of benzene rings is 2. The Balaban J connectivity index is 1.62. The molecule has 0 bridgehead atoms. The molecular formula is C23H26N4O4S. The average molecular weight is 455 g/mol. The Labute approximate surface area is 188 Å². The Kier molecular flexibility index (Phi) is 7.09. The summed E-state index contributed by atoms with van der Waals surface area (Å²) in [6.45, 7) is 7.92. The number of aryl methyl sites for hydroxylation is 1. The molecule has 0 fully saturated rings. The lowest BCUT2D eigenvalue weighted by atomic mass is 9.98. The summed E-state index contributed by atoms with van der Waals surface area (Å²) in [4.78, 5) is 20.2. The zero-order valence-electron chi connectivity index (χ0n) is 18.4. The normalized spacial score (nSPS) is 12.3. The van der Waals surface area contributed by atoms with Gasteiger partial charge in [0.2, 0.25) is 5.95 Å². The molecule has 3 aromatic rings. The van der Waals surface area contributed by atoms with Gasteiger partial charge in [0.1, 0.15) is 5.75 Å². The van der Waals surface area contributed by atoms with E-state index in [1.165, 1.54) is 42.2 Å². The van der Waals surface area contributed by atoms with Gasteiger partial charge in [0.15, 0.2) is 6.10 Å². The van der Waals surface area contributed by atoms with E-state index in [0.717, 1.165) is 5.56 Å². The van der Waals surface area contributed by atoms with Crippen molar-refractivity contribution in [2.45, 2.75) is 44.6 Å². The van der Waals surface area contributed by atoms with E-state index in [4.69, 9.17) is 4.74 Å². The van der Waals surface area contributed by atoms with Crippen LogP contribution in [0.3, 0.4) is 0 Å². The van der Waals surface area contributed by atoms with Crippen molar-refractivity contribution in [2.75, 3.05) is 10.0 Å². The second kappa shape index (κ2) is 9.78. The number of amides is 1. The minimum absolute atomic E-state index is 0.0208. The largest absolute Gasteiger partial charge is 0.481 e. The molecule has 0 saturated heterocycles. The van der Waals surface area contributed by atoms with Crippen LogP contribution < -0.4 is 14.8 Å². The smallest absolute Gasteiger partial charge is 0.265 e. The molecule has 1 heterocycles. The van der Waals surface area contributed by atoms with Gasteiger partial charge in [-0.2, -0.15) is 0 Å². The number of carbonyl (C=O) groups excluding carboxylic acids is 1. The van der Waals surface area contributed by atoms with Crippen molar-refractivity contribution in [3.05, 3.63) is 72.1 Å². The molecule has 32 heavy (non-hydrogen) atoms. The fourth-order valence-electron chi connectivity index (χ4n) is 3.12. The molecule has 1 aromatic heterocycles. The lowest BCUT2D eigenvalue weighted by Gasteiger charge is -2.17. The first-order chi connectivity index (χ1) is 15.2. The summed E-state index contributed by atoms with van der Waals surface area (Å²) in [7, 11) is -3.84. The summed E-state index contributed by atoms with van der Waals surface area (Å²) in [6, 6.07) is 13.2. The molecule has 0 aliphatic carbocycles. The molecule has 0 radical (unpaired) electrons.